The molecule has 0 aliphatic heterocycles. The summed E-state index contributed by atoms with van der Waals surface area (Å²) in [5.74, 6) is -1.07. The van der Waals surface area contributed by atoms with Gasteiger partial charge in [-0.25, -0.2) is 14.6 Å². The minimum absolute atomic E-state index is 0.178. The van der Waals surface area contributed by atoms with Gasteiger partial charge in [0, 0.05) is 24.9 Å². The Balaban J connectivity index is 2.36. The first-order valence-electron chi connectivity index (χ1n) is 6.38. The van der Waals surface area contributed by atoms with Crippen LogP contribution in [0.3, 0.4) is 0 Å². The van der Waals surface area contributed by atoms with Crippen molar-refractivity contribution in [1.82, 2.24) is 20.6 Å². The molecule has 0 aliphatic carbocycles. The third-order valence-corrected chi connectivity index (χ3v) is 2.65. The molecule has 1 rings (SSSR count). The van der Waals surface area contributed by atoms with Crippen LogP contribution >= 0.6 is 0 Å². The molecule has 0 saturated heterocycles. The van der Waals surface area contributed by atoms with Crippen LogP contribution in [0.2, 0.25) is 0 Å². The van der Waals surface area contributed by atoms with Crippen LogP contribution in [0.15, 0.2) is 12.5 Å². The number of nitrogens with zero attached hydrogens (tertiary/aromatic N) is 1. The number of H-pyrrole nitrogens is 1. The molecule has 1 heterocycles. The second kappa shape index (κ2) is 8.12. The highest BCUT2D eigenvalue weighted by Gasteiger charge is 2.20. The van der Waals surface area contributed by atoms with Crippen LogP contribution in [0.1, 0.15) is 31.9 Å². The number of carboxylic acids is 1. The summed E-state index contributed by atoms with van der Waals surface area (Å²) in [5, 5.41) is 14.1. The number of nitrogens with one attached hydrogen (secondary N) is 3. The lowest BCUT2D eigenvalue weighted by Crippen LogP contribution is -2.47. The Morgan fingerprint density at radius 1 is 1.47 bits per heavy atom. The quantitative estimate of drug-likeness (QED) is 0.525. The highest BCUT2D eigenvalue weighted by atomic mass is 16.4. The third kappa shape index (κ3) is 5.89. The van der Waals surface area contributed by atoms with Gasteiger partial charge in [0.15, 0.2) is 0 Å². The molecule has 1 atom stereocenters. The molecule has 7 heteroatoms. The number of hydrogen-bond acceptors (Lipinski definition) is 3. The van der Waals surface area contributed by atoms with Crippen LogP contribution < -0.4 is 10.6 Å². The first-order valence-corrected chi connectivity index (χ1v) is 6.38. The second-order valence-corrected chi connectivity index (χ2v) is 4.28. The van der Waals surface area contributed by atoms with E-state index in [1.807, 2.05) is 0 Å². The Morgan fingerprint density at radius 3 is 2.84 bits per heavy atom. The molecule has 0 fully saturated rings. The van der Waals surface area contributed by atoms with Gasteiger partial charge in [-0.05, 0) is 6.42 Å². The predicted molar refractivity (Wildman–Crippen MR) is 69.8 cm³/mol. The van der Waals surface area contributed by atoms with Gasteiger partial charge in [0.05, 0.1) is 6.33 Å². The lowest BCUT2D eigenvalue weighted by molar-refractivity contribution is -0.139. The topological polar surface area (TPSA) is 107 Å². The zero-order valence-corrected chi connectivity index (χ0v) is 11.0. The molecule has 4 N–H and O–H groups in total. The van der Waals surface area contributed by atoms with E-state index in [0.717, 1.165) is 19.3 Å². The first kappa shape index (κ1) is 15.0. The molecular formula is C12H20N4O3. The lowest BCUT2D eigenvalue weighted by atomic mass is 10.2. The van der Waals surface area contributed by atoms with Crippen LogP contribution in [-0.2, 0) is 11.2 Å². The van der Waals surface area contributed by atoms with Crippen molar-refractivity contribution in [2.75, 3.05) is 6.54 Å². The summed E-state index contributed by atoms with van der Waals surface area (Å²) in [7, 11) is 0. The van der Waals surface area contributed by atoms with Crippen molar-refractivity contribution in [2.24, 2.45) is 0 Å². The minimum atomic E-state index is -1.07. The Morgan fingerprint density at radius 2 is 2.26 bits per heavy atom. The molecule has 0 spiro atoms. The number of imidazole rings is 1. The largest absolute Gasteiger partial charge is 0.480 e. The number of carbonyl (C=O) groups is 2. The number of hydrogen-bond donors (Lipinski definition) is 4. The summed E-state index contributed by atoms with van der Waals surface area (Å²) in [6.45, 7) is 2.63. The molecule has 1 aromatic heterocycles. The summed E-state index contributed by atoms with van der Waals surface area (Å²) in [5.41, 5.74) is 0.665. The minimum Gasteiger partial charge on any atom is -0.480 e. The van der Waals surface area contributed by atoms with E-state index in [-0.39, 0.29) is 6.42 Å². The number of aromatic nitrogens is 2. The second-order valence-electron chi connectivity index (χ2n) is 4.28. The van der Waals surface area contributed by atoms with E-state index in [1.54, 1.807) is 0 Å². The fourth-order valence-corrected chi connectivity index (χ4v) is 1.60. The van der Waals surface area contributed by atoms with Crippen LogP contribution in [0.4, 0.5) is 4.79 Å². The maximum atomic E-state index is 11.5. The zero-order chi connectivity index (χ0) is 14.1. The molecule has 0 aliphatic rings. The SMILES string of the molecule is CCCCCNC(=O)N[C@H](Cc1cnc[nH]1)C(=O)O. The number of urea groups is 1. The third-order valence-electron chi connectivity index (χ3n) is 2.65. The maximum absolute atomic E-state index is 11.5. The van der Waals surface area contributed by atoms with Crippen molar-refractivity contribution in [1.29, 1.82) is 0 Å². The lowest BCUT2D eigenvalue weighted by Gasteiger charge is -2.14. The van der Waals surface area contributed by atoms with Gasteiger partial charge in [-0.15, -0.1) is 0 Å². The zero-order valence-electron chi connectivity index (χ0n) is 11.0. The van der Waals surface area contributed by atoms with Crippen molar-refractivity contribution >= 4 is 12.0 Å². The Hall–Kier alpha value is -2.05. The maximum Gasteiger partial charge on any atom is 0.326 e. The number of aromatic amines is 1. The van der Waals surface area contributed by atoms with Gasteiger partial charge in [0.2, 0.25) is 0 Å². The van der Waals surface area contributed by atoms with Crippen LogP contribution in [-0.4, -0.2) is 39.7 Å². The van der Waals surface area contributed by atoms with E-state index in [9.17, 15) is 9.59 Å². The van der Waals surface area contributed by atoms with Crippen molar-refractivity contribution in [2.45, 2.75) is 38.6 Å². The highest BCUT2D eigenvalue weighted by molar-refractivity contribution is 5.82. The standard InChI is InChI=1S/C12H20N4O3/c1-2-3-4-5-14-12(19)16-10(11(17)18)6-9-7-13-8-15-9/h7-8,10H,2-6H2,1H3,(H,13,15)(H,17,18)(H2,14,16,19)/t10-/m1/s1. The van der Waals surface area contributed by atoms with Gasteiger partial charge in [-0.1, -0.05) is 19.8 Å². The van der Waals surface area contributed by atoms with Crippen LogP contribution in [0, 0.1) is 0 Å². The van der Waals surface area contributed by atoms with Gasteiger partial charge < -0.3 is 20.7 Å². The monoisotopic (exact) mass is 268 g/mol. The average molecular weight is 268 g/mol. The molecule has 0 aromatic carbocycles. The van der Waals surface area contributed by atoms with Gasteiger partial charge in [-0.3, -0.25) is 0 Å². The van der Waals surface area contributed by atoms with E-state index < -0.39 is 18.0 Å². The number of amides is 2. The van der Waals surface area contributed by atoms with E-state index >= 15 is 0 Å². The fourth-order valence-electron chi connectivity index (χ4n) is 1.60. The number of unbranched alkanes of at least 4 members (excludes halogenated alkanes) is 2. The van der Waals surface area contributed by atoms with Gasteiger partial charge >= 0.3 is 12.0 Å². The van der Waals surface area contributed by atoms with Crippen molar-refractivity contribution in [3.63, 3.8) is 0 Å². The summed E-state index contributed by atoms with van der Waals surface area (Å²) in [6, 6.07) is -1.42. The summed E-state index contributed by atoms with van der Waals surface area (Å²) in [6.07, 6.45) is 6.19. The van der Waals surface area contributed by atoms with E-state index in [4.69, 9.17) is 5.11 Å². The molecule has 0 radical (unpaired) electrons. The Bertz CT molecular complexity index is 392. The smallest absolute Gasteiger partial charge is 0.326 e. The number of aliphatic carboxylic acids is 1. The Kier molecular flexibility index (Phi) is 6.42. The number of rotatable bonds is 8. The first-order chi connectivity index (χ1) is 9.13. The van der Waals surface area contributed by atoms with E-state index in [1.165, 1.54) is 12.5 Å². The molecule has 0 saturated carbocycles. The van der Waals surface area contributed by atoms with Gasteiger partial charge in [0.1, 0.15) is 6.04 Å². The molecule has 19 heavy (non-hydrogen) atoms. The summed E-state index contributed by atoms with van der Waals surface area (Å²) in [4.78, 5) is 29.2. The van der Waals surface area contributed by atoms with Gasteiger partial charge in [-0.2, -0.15) is 0 Å². The molecular weight excluding hydrogens is 248 g/mol. The summed E-state index contributed by atoms with van der Waals surface area (Å²) >= 11 is 0. The molecule has 0 unspecified atom stereocenters. The number of carbonyl (C=O) groups excluding carboxylic acids is 1. The highest BCUT2D eigenvalue weighted by Crippen LogP contribution is 1.99. The van der Waals surface area contributed by atoms with Crippen LogP contribution in [0.5, 0.6) is 0 Å². The molecule has 0 bridgehead atoms. The molecule has 2 amide bonds. The predicted octanol–water partition coefficient (Wildman–Crippen LogP) is 0.895. The van der Waals surface area contributed by atoms with Crippen molar-refractivity contribution < 1.29 is 14.7 Å². The fraction of sp³-hybridized carbons (Fsp3) is 0.583. The Labute approximate surface area is 111 Å². The number of carboxylic acid groups (broad SMARTS) is 1. The van der Waals surface area contributed by atoms with Crippen molar-refractivity contribution in [3.8, 4) is 0 Å². The van der Waals surface area contributed by atoms with E-state index in [0.29, 0.717) is 12.2 Å². The van der Waals surface area contributed by atoms with Gasteiger partial charge in [0.25, 0.3) is 0 Å². The average Bonchev–Trinajstić information content (AvgIpc) is 2.86. The van der Waals surface area contributed by atoms with Crippen molar-refractivity contribution in [3.05, 3.63) is 18.2 Å². The summed E-state index contributed by atoms with van der Waals surface area (Å²) < 4.78 is 0. The molecule has 106 valence electrons. The van der Waals surface area contributed by atoms with E-state index in [2.05, 4.69) is 27.5 Å². The molecule has 1 aromatic rings. The molecule has 7 nitrogen and oxygen atoms in total. The normalized spacial score (nSPS) is 11.8. The van der Waals surface area contributed by atoms with Crippen LogP contribution in [0.25, 0.3) is 0 Å².